The van der Waals surface area contributed by atoms with Gasteiger partial charge in [-0.3, -0.25) is 9.48 Å². The molecule has 0 saturated carbocycles. The molecular formula is C24H30N4O. The van der Waals surface area contributed by atoms with Crippen molar-refractivity contribution in [2.75, 3.05) is 5.32 Å². The van der Waals surface area contributed by atoms with E-state index in [1.54, 1.807) is 4.68 Å². The highest BCUT2D eigenvalue weighted by atomic mass is 16.2. The first-order valence-corrected chi connectivity index (χ1v) is 10.6. The van der Waals surface area contributed by atoms with Crippen molar-refractivity contribution in [1.82, 2.24) is 9.78 Å². The highest BCUT2D eigenvalue weighted by molar-refractivity contribution is 5.98. The van der Waals surface area contributed by atoms with Crippen LogP contribution < -0.4 is 5.32 Å². The summed E-state index contributed by atoms with van der Waals surface area (Å²) in [5.41, 5.74) is 6.83. The van der Waals surface area contributed by atoms with E-state index in [9.17, 15) is 10.1 Å². The lowest BCUT2D eigenvalue weighted by Crippen LogP contribution is -2.41. The number of hydrogen-bond donors (Lipinski definition) is 1. The fourth-order valence-electron chi connectivity index (χ4n) is 4.63. The Hall–Kier alpha value is -2.61. The van der Waals surface area contributed by atoms with Gasteiger partial charge in [0.05, 0.1) is 17.8 Å². The second-order valence-corrected chi connectivity index (χ2v) is 9.92. The van der Waals surface area contributed by atoms with Crippen LogP contribution in [0.2, 0.25) is 0 Å². The summed E-state index contributed by atoms with van der Waals surface area (Å²) >= 11 is 0. The third-order valence-electron chi connectivity index (χ3n) is 6.57. The number of aromatic nitrogens is 2. The number of benzene rings is 1. The van der Waals surface area contributed by atoms with Crippen molar-refractivity contribution in [1.29, 1.82) is 5.26 Å². The van der Waals surface area contributed by atoms with Gasteiger partial charge in [-0.25, -0.2) is 0 Å². The first-order chi connectivity index (χ1) is 13.6. The maximum atomic E-state index is 13.4. The van der Waals surface area contributed by atoms with Crippen molar-refractivity contribution in [3.05, 3.63) is 45.8 Å². The molecule has 2 aliphatic rings. The van der Waals surface area contributed by atoms with Gasteiger partial charge in [0.25, 0.3) is 5.91 Å². The zero-order valence-electron chi connectivity index (χ0n) is 18.1. The first-order valence-electron chi connectivity index (χ1n) is 10.6. The van der Waals surface area contributed by atoms with Crippen LogP contribution in [0.1, 0.15) is 80.8 Å². The standard InChI is InChI=1S/C24H30N4O/c1-23(2,3)15-13-26-28(14-15)24(4,5)22(29)27-21-18-10-6-8-16(18)20(12-25)17-9-7-11-19(17)21/h13-14H,6-11H2,1-5H3,(H,27,29). The van der Waals surface area contributed by atoms with E-state index in [-0.39, 0.29) is 11.3 Å². The number of nitriles is 1. The van der Waals surface area contributed by atoms with Crippen LogP contribution in [-0.2, 0) is 41.4 Å². The number of rotatable bonds is 3. The molecule has 0 spiro atoms. The Morgan fingerprint density at radius 3 is 2.07 bits per heavy atom. The van der Waals surface area contributed by atoms with Gasteiger partial charge in [0, 0.05) is 11.9 Å². The molecule has 4 rings (SSSR count). The fourth-order valence-corrected chi connectivity index (χ4v) is 4.63. The maximum Gasteiger partial charge on any atom is 0.251 e. The third kappa shape index (κ3) is 3.15. The number of nitrogens with zero attached hydrogens (tertiary/aromatic N) is 3. The monoisotopic (exact) mass is 390 g/mol. The van der Waals surface area contributed by atoms with Crippen molar-refractivity contribution in [2.24, 2.45) is 0 Å². The minimum atomic E-state index is -0.811. The molecule has 2 aromatic rings. The van der Waals surface area contributed by atoms with Crippen molar-refractivity contribution in [3.63, 3.8) is 0 Å². The van der Waals surface area contributed by atoms with E-state index in [4.69, 9.17) is 0 Å². The van der Waals surface area contributed by atoms with Gasteiger partial charge in [-0.15, -0.1) is 0 Å². The average molecular weight is 391 g/mol. The minimum absolute atomic E-state index is 0.0143. The molecule has 5 heteroatoms. The minimum Gasteiger partial charge on any atom is -0.323 e. The van der Waals surface area contributed by atoms with Gasteiger partial charge in [0.1, 0.15) is 5.54 Å². The highest BCUT2D eigenvalue weighted by Gasteiger charge is 2.35. The summed E-state index contributed by atoms with van der Waals surface area (Å²) in [7, 11) is 0. The van der Waals surface area contributed by atoms with Crippen LogP contribution in [0.3, 0.4) is 0 Å². The summed E-state index contributed by atoms with van der Waals surface area (Å²) in [6.07, 6.45) is 9.67. The maximum absolute atomic E-state index is 13.4. The number of anilines is 1. The number of fused-ring (bicyclic) bond motifs is 2. The molecule has 0 aliphatic heterocycles. The van der Waals surface area contributed by atoms with Gasteiger partial charge in [0.2, 0.25) is 0 Å². The predicted molar refractivity (Wildman–Crippen MR) is 114 cm³/mol. The first kappa shape index (κ1) is 19.7. The van der Waals surface area contributed by atoms with Crippen molar-refractivity contribution in [3.8, 4) is 6.07 Å². The lowest BCUT2D eigenvalue weighted by molar-refractivity contribution is -0.123. The quantitative estimate of drug-likeness (QED) is 0.844. The number of carbonyl (C=O) groups excluding carboxylic acids is 1. The molecule has 0 bridgehead atoms. The molecule has 29 heavy (non-hydrogen) atoms. The molecule has 0 unspecified atom stereocenters. The molecule has 0 fully saturated rings. The van der Waals surface area contributed by atoms with Gasteiger partial charge in [-0.1, -0.05) is 20.8 Å². The van der Waals surface area contributed by atoms with Gasteiger partial charge < -0.3 is 5.32 Å². The summed E-state index contributed by atoms with van der Waals surface area (Å²) in [6.45, 7) is 10.2. The van der Waals surface area contributed by atoms with Gasteiger partial charge in [0.15, 0.2) is 0 Å². The summed E-state index contributed by atoms with van der Waals surface area (Å²) in [6, 6.07) is 2.45. The lowest BCUT2D eigenvalue weighted by atomic mass is 9.89. The summed E-state index contributed by atoms with van der Waals surface area (Å²) < 4.78 is 1.77. The molecular weight excluding hydrogens is 360 g/mol. The normalized spacial score (nSPS) is 15.7. The number of nitrogens with one attached hydrogen (secondary N) is 1. The molecule has 0 radical (unpaired) electrons. The molecule has 2 aliphatic carbocycles. The fraction of sp³-hybridized carbons (Fsp3) is 0.542. The van der Waals surface area contributed by atoms with Crippen LogP contribution in [0.4, 0.5) is 5.69 Å². The van der Waals surface area contributed by atoms with E-state index in [0.29, 0.717) is 0 Å². The van der Waals surface area contributed by atoms with Crippen LogP contribution in [0.5, 0.6) is 0 Å². The number of carbonyl (C=O) groups is 1. The SMILES string of the molecule is CC(C)(C)c1cnn(C(C)(C)C(=O)Nc2c3c(c(C#N)c4c2CCC4)CCC3)c1. The Morgan fingerprint density at radius 2 is 1.59 bits per heavy atom. The van der Waals surface area contributed by atoms with Gasteiger partial charge >= 0.3 is 0 Å². The van der Waals surface area contributed by atoms with Crippen LogP contribution in [0, 0.1) is 11.3 Å². The summed E-state index contributed by atoms with van der Waals surface area (Å²) in [5, 5.41) is 17.5. The van der Waals surface area contributed by atoms with Crippen LogP contribution in [0.15, 0.2) is 12.4 Å². The number of hydrogen-bond acceptors (Lipinski definition) is 3. The number of amides is 1. The second kappa shape index (κ2) is 6.73. The molecule has 1 aromatic carbocycles. The largest absolute Gasteiger partial charge is 0.323 e. The van der Waals surface area contributed by atoms with Crippen molar-refractivity contribution < 1.29 is 4.79 Å². The van der Waals surface area contributed by atoms with Gasteiger partial charge in [-0.05, 0) is 85.6 Å². The molecule has 0 atom stereocenters. The molecule has 1 N–H and O–H groups in total. The van der Waals surface area contributed by atoms with Crippen molar-refractivity contribution >= 4 is 11.6 Å². The lowest BCUT2D eigenvalue weighted by Gasteiger charge is -2.27. The van der Waals surface area contributed by atoms with Crippen LogP contribution >= 0.6 is 0 Å². The van der Waals surface area contributed by atoms with E-state index in [1.165, 1.54) is 11.1 Å². The second-order valence-electron chi connectivity index (χ2n) is 9.92. The Balaban J connectivity index is 1.71. The topological polar surface area (TPSA) is 70.7 Å². The molecule has 0 saturated heterocycles. The summed E-state index contributed by atoms with van der Waals surface area (Å²) in [5.74, 6) is -0.0611. The van der Waals surface area contributed by atoms with E-state index in [1.807, 2.05) is 26.2 Å². The molecule has 1 amide bonds. The van der Waals surface area contributed by atoms with E-state index < -0.39 is 5.54 Å². The zero-order valence-corrected chi connectivity index (χ0v) is 18.1. The Bertz CT molecular complexity index is 995. The van der Waals surface area contributed by atoms with E-state index in [2.05, 4.69) is 37.3 Å². The smallest absolute Gasteiger partial charge is 0.251 e. The Kier molecular flexibility index (Phi) is 4.57. The van der Waals surface area contributed by atoms with Crippen LogP contribution in [-0.4, -0.2) is 15.7 Å². The highest BCUT2D eigenvalue weighted by Crippen LogP contribution is 2.42. The molecule has 152 valence electrons. The van der Waals surface area contributed by atoms with E-state index >= 15 is 0 Å². The Morgan fingerprint density at radius 1 is 1.03 bits per heavy atom. The molecule has 5 nitrogen and oxygen atoms in total. The molecule has 1 aromatic heterocycles. The average Bonchev–Trinajstić information content (AvgIpc) is 3.39. The third-order valence-corrected chi connectivity index (χ3v) is 6.57. The van der Waals surface area contributed by atoms with Crippen LogP contribution in [0.25, 0.3) is 0 Å². The van der Waals surface area contributed by atoms with Gasteiger partial charge in [-0.2, -0.15) is 10.4 Å². The predicted octanol–water partition coefficient (Wildman–Crippen LogP) is 4.40. The summed E-state index contributed by atoms with van der Waals surface area (Å²) in [4.78, 5) is 13.4. The van der Waals surface area contributed by atoms with E-state index in [0.717, 1.165) is 66.5 Å². The van der Waals surface area contributed by atoms with Crippen molar-refractivity contribution in [2.45, 2.75) is 84.1 Å². The Labute approximate surface area is 173 Å². The molecule has 1 heterocycles. The zero-order chi connectivity index (χ0) is 21.0.